The molecular weight excluding hydrogens is 438 g/mol. The van der Waals surface area contributed by atoms with Crippen molar-refractivity contribution in [1.82, 2.24) is 14.9 Å². The van der Waals surface area contributed by atoms with Gasteiger partial charge in [-0.3, -0.25) is 9.78 Å². The fourth-order valence-corrected chi connectivity index (χ4v) is 4.66. The Labute approximate surface area is 205 Å². The van der Waals surface area contributed by atoms with Crippen LogP contribution >= 0.6 is 0 Å². The van der Waals surface area contributed by atoms with Gasteiger partial charge in [0.25, 0.3) is 5.91 Å². The van der Waals surface area contributed by atoms with Crippen LogP contribution in [-0.2, 0) is 12.8 Å². The summed E-state index contributed by atoms with van der Waals surface area (Å²) in [5.74, 6) is 2.50. The maximum absolute atomic E-state index is 13.3. The summed E-state index contributed by atoms with van der Waals surface area (Å²) in [6.45, 7) is 1.33. The van der Waals surface area contributed by atoms with Crippen LogP contribution < -0.4 is 4.74 Å². The van der Waals surface area contributed by atoms with E-state index in [0.717, 1.165) is 54.3 Å². The molecule has 0 aliphatic carbocycles. The van der Waals surface area contributed by atoms with E-state index in [2.05, 4.69) is 28.2 Å². The first-order valence-corrected chi connectivity index (χ1v) is 12.0. The Bertz CT molecular complexity index is 1290. The van der Waals surface area contributed by atoms with Gasteiger partial charge in [-0.2, -0.15) is 0 Å². The fourth-order valence-electron chi connectivity index (χ4n) is 4.66. The predicted octanol–water partition coefficient (Wildman–Crippen LogP) is 5.28. The molecule has 1 aliphatic rings. The maximum atomic E-state index is 13.3. The van der Waals surface area contributed by atoms with Crippen molar-refractivity contribution in [3.63, 3.8) is 0 Å². The standard InChI is InChI=1S/C29H29N3O3/c1-34-26-11-5-9-22(16-26)13-23-14-25(18-30-17-23)29(33)32-12-6-10-24(20-32)28-31-19-27(35-28)15-21-7-3-2-4-8-21/h2-5,7-9,11,14,16-19,24H,6,10,12-13,15,20H2,1H3. The number of piperidine rings is 1. The number of rotatable bonds is 7. The zero-order valence-corrected chi connectivity index (χ0v) is 19.9. The van der Waals surface area contributed by atoms with Crippen LogP contribution in [0.3, 0.4) is 0 Å². The van der Waals surface area contributed by atoms with E-state index in [1.807, 2.05) is 59.8 Å². The minimum atomic E-state index is 0.00533. The fraction of sp³-hybridized carbons (Fsp3) is 0.276. The molecule has 3 heterocycles. The first-order valence-electron chi connectivity index (χ1n) is 12.0. The van der Waals surface area contributed by atoms with Gasteiger partial charge < -0.3 is 14.1 Å². The summed E-state index contributed by atoms with van der Waals surface area (Å²) in [5, 5.41) is 0. The molecule has 1 saturated heterocycles. The number of hydrogen-bond acceptors (Lipinski definition) is 5. The average molecular weight is 468 g/mol. The molecule has 0 N–H and O–H groups in total. The molecule has 1 atom stereocenters. The molecule has 2 aromatic carbocycles. The Morgan fingerprint density at radius 2 is 1.86 bits per heavy atom. The van der Waals surface area contributed by atoms with Crippen molar-refractivity contribution >= 4 is 5.91 Å². The summed E-state index contributed by atoms with van der Waals surface area (Å²) in [5.41, 5.74) is 3.92. The Hall–Kier alpha value is -3.93. The number of benzene rings is 2. The molecule has 35 heavy (non-hydrogen) atoms. The van der Waals surface area contributed by atoms with Gasteiger partial charge in [-0.05, 0) is 54.2 Å². The zero-order valence-electron chi connectivity index (χ0n) is 19.9. The van der Waals surface area contributed by atoms with Gasteiger partial charge >= 0.3 is 0 Å². The number of aromatic nitrogens is 2. The number of nitrogens with zero attached hydrogens (tertiary/aromatic N) is 3. The highest BCUT2D eigenvalue weighted by Crippen LogP contribution is 2.28. The second-order valence-electron chi connectivity index (χ2n) is 9.03. The zero-order chi connectivity index (χ0) is 24.0. The number of pyridine rings is 1. The third-order valence-corrected chi connectivity index (χ3v) is 6.43. The molecular formula is C29H29N3O3. The summed E-state index contributed by atoms with van der Waals surface area (Å²) in [4.78, 5) is 24.1. The first-order chi connectivity index (χ1) is 17.2. The smallest absolute Gasteiger partial charge is 0.255 e. The van der Waals surface area contributed by atoms with Gasteiger partial charge in [-0.15, -0.1) is 0 Å². The molecule has 1 aliphatic heterocycles. The molecule has 6 heteroatoms. The second kappa shape index (κ2) is 10.6. The van der Waals surface area contributed by atoms with E-state index in [1.165, 1.54) is 5.56 Å². The van der Waals surface area contributed by atoms with Crippen LogP contribution in [0.25, 0.3) is 0 Å². The molecule has 6 nitrogen and oxygen atoms in total. The van der Waals surface area contributed by atoms with Crippen LogP contribution in [-0.4, -0.2) is 41.0 Å². The van der Waals surface area contributed by atoms with Gasteiger partial charge in [0, 0.05) is 31.9 Å². The summed E-state index contributed by atoms with van der Waals surface area (Å²) in [7, 11) is 1.66. The van der Waals surface area contributed by atoms with E-state index in [0.29, 0.717) is 18.5 Å². The molecule has 4 aromatic rings. The number of methoxy groups -OCH3 is 1. The predicted molar refractivity (Wildman–Crippen MR) is 134 cm³/mol. The van der Waals surface area contributed by atoms with E-state index in [9.17, 15) is 4.79 Å². The number of likely N-dealkylation sites (tertiary alicyclic amines) is 1. The number of carbonyl (C=O) groups is 1. The maximum Gasteiger partial charge on any atom is 0.255 e. The van der Waals surface area contributed by atoms with E-state index >= 15 is 0 Å². The van der Waals surface area contributed by atoms with Gasteiger partial charge in [0.05, 0.1) is 24.8 Å². The number of oxazole rings is 1. The lowest BCUT2D eigenvalue weighted by molar-refractivity contribution is 0.0697. The molecule has 0 bridgehead atoms. The topological polar surface area (TPSA) is 68.5 Å². The number of amides is 1. The minimum absolute atomic E-state index is 0.00533. The monoisotopic (exact) mass is 467 g/mol. The van der Waals surface area contributed by atoms with Crippen molar-refractivity contribution in [2.75, 3.05) is 20.2 Å². The molecule has 1 fully saturated rings. The molecule has 1 amide bonds. The van der Waals surface area contributed by atoms with E-state index in [1.54, 1.807) is 13.3 Å². The van der Waals surface area contributed by atoms with Crippen LogP contribution in [0.2, 0.25) is 0 Å². The molecule has 2 aromatic heterocycles. The van der Waals surface area contributed by atoms with Gasteiger partial charge in [0.15, 0.2) is 5.89 Å². The summed E-state index contributed by atoms with van der Waals surface area (Å²) in [6, 6.07) is 20.1. The molecule has 178 valence electrons. The second-order valence-corrected chi connectivity index (χ2v) is 9.03. The lowest BCUT2D eigenvalue weighted by Gasteiger charge is -2.31. The summed E-state index contributed by atoms with van der Waals surface area (Å²) >= 11 is 0. The Morgan fingerprint density at radius 1 is 1.00 bits per heavy atom. The molecule has 5 rings (SSSR count). The Morgan fingerprint density at radius 3 is 2.71 bits per heavy atom. The summed E-state index contributed by atoms with van der Waals surface area (Å²) < 4.78 is 11.4. The van der Waals surface area contributed by atoms with E-state index in [-0.39, 0.29) is 11.8 Å². The SMILES string of the molecule is COc1cccc(Cc2cncc(C(=O)N3CCCC(c4ncc(Cc5ccccc5)o4)C3)c2)c1. The quantitative estimate of drug-likeness (QED) is 0.370. The average Bonchev–Trinajstić information content (AvgIpc) is 3.38. The van der Waals surface area contributed by atoms with Gasteiger partial charge in [0.1, 0.15) is 11.5 Å². The minimum Gasteiger partial charge on any atom is -0.497 e. The highest BCUT2D eigenvalue weighted by molar-refractivity contribution is 5.94. The number of ether oxygens (including phenoxy) is 1. The molecule has 0 spiro atoms. The lowest BCUT2D eigenvalue weighted by Crippen LogP contribution is -2.39. The summed E-state index contributed by atoms with van der Waals surface area (Å²) in [6.07, 6.45) is 8.58. The van der Waals surface area contributed by atoms with Crippen LogP contribution in [0, 0.1) is 0 Å². The van der Waals surface area contributed by atoms with Crippen molar-refractivity contribution in [3.8, 4) is 5.75 Å². The largest absolute Gasteiger partial charge is 0.497 e. The van der Waals surface area contributed by atoms with E-state index in [4.69, 9.17) is 9.15 Å². The molecule has 0 saturated carbocycles. The van der Waals surface area contributed by atoms with Crippen LogP contribution in [0.15, 0.2) is 83.7 Å². The van der Waals surface area contributed by atoms with Gasteiger partial charge in [-0.25, -0.2) is 4.98 Å². The number of carbonyl (C=O) groups excluding carboxylic acids is 1. The molecule has 0 radical (unpaired) electrons. The van der Waals surface area contributed by atoms with Gasteiger partial charge in [-0.1, -0.05) is 42.5 Å². The van der Waals surface area contributed by atoms with E-state index < -0.39 is 0 Å². The highest BCUT2D eigenvalue weighted by Gasteiger charge is 2.28. The van der Waals surface area contributed by atoms with Gasteiger partial charge in [0.2, 0.25) is 0 Å². The third kappa shape index (κ3) is 5.60. The highest BCUT2D eigenvalue weighted by atomic mass is 16.5. The first kappa shape index (κ1) is 22.8. The molecule has 1 unspecified atom stereocenters. The number of hydrogen-bond donors (Lipinski definition) is 0. The van der Waals surface area contributed by atoms with Crippen molar-refractivity contribution in [2.24, 2.45) is 0 Å². The normalized spacial score (nSPS) is 15.7. The van der Waals surface area contributed by atoms with Crippen LogP contribution in [0.5, 0.6) is 5.75 Å². The third-order valence-electron chi connectivity index (χ3n) is 6.43. The van der Waals surface area contributed by atoms with Crippen LogP contribution in [0.1, 0.15) is 57.5 Å². The van der Waals surface area contributed by atoms with Crippen molar-refractivity contribution in [2.45, 2.75) is 31.6 Å². The Kier molecular flexibility index (Phi) is 6.89. The van der Waals surface area contributed by atoms with Crippen molar-refractivity contribution in [3.05, 3.63) is 113 Å². The van der Waals surface area contributed by atoms with Crippen molar-refractivity contribution < 1.29 is 13.9 Å². The van der Waals surface area contributed by atoms with Crippen molar-refractivity contribution in [1.29, 1.82) is 0 Å². The Balaban J connectivity index is 1.25. The lowest BCUT2D eigenvalue weighted by atomic mass is 9.97. The van der Waals surface area contributed by atoms with Crippen LogP contribution in [0.4, 0.5) is 0 Å².